The van der Waals surface area contributed by atoms with Crippen molar-refractivity contribution in [2.45, 2.75) is 135 Å². The number of methoxy groups -OCH3 is 1. The Morgan fingerprint density at radius 1 is 0.884 bits per heavy atom. The largest absolute Gasteiger partial charge is 0.497 e. The van der Waals surface area contributed by atoms with Crippen LogP contribution in [0.1, 0.15) is 79.2 Å². The van der Waals surface area contributed by atoms with Gasteiger partial charge in [0.1, 0.15) is 24.2 Å². The predicted octanol–water partition coefficient (Wildman–Crippen LogP) is 8.16. The summed E-state index contributed by atoms with van der Waals surface area (Å²) >= 11 is 0. The number of hydrogen-bond donors (Lipinski definition) is 1. The van der Waals surface area contributed by atoms with Gasteiger partial charge in [0.25, 0.3) is 0 Å². The molecule has 0 saturated carbocycles. The van der Waals surface area contributed by atoms with Crippen LogP contribution in [-0.2, 0) is 29.7 Å². The van der Waals surface area contributed by atoms with Gasteiger partial charge in [-0.1, -0.05) is 65.8 Å². The second-order valence-corrected chi connectivity index (χ2v) is 23.8. The van der Waals surface area contributed by atoms with E-state index in [4.69, 9.17) is 28.8 Å². The van der Waals surface area contributed by atoms with E-state index in [1.165, 1.54) is 0 Å². The molecule has 0 spiro atoms. The lowest BCUT2D eigenvalue weighted by Crippen LogP contribution is -2.48. The first kappa shape index (κ1) is 39.0. The van der Waals surface area contributed by atoms with Crippen LogP contribution in [0.4, 0.5) is 4.79 Å². The fraction of sp³-hybridized carbons (Fsp3) is 0.697. The highest BCUT2D eigenvalue weighted by Gasteiger charge is 2.41. The number of carbonyl (C=O) groups excluding carboxylic acids is 2. The molecule has 0 bridgehead atoms. The second-order valence-electron chi connectivity index (χ2n) is 14.3. The van der Waals surface area contributed by atoms with E-state index >= 15 is 0 Å². The molecule has 0 heterocycles. The Morgan fingerprint density at radius 2 is 1.47 bits per heavy atom. The van der Waals surface area contributed by atoms with Crippen molar-refractivity contribution in [3.8, 4) is 5.75 Å². The molecule has 1 aromatic rings. The standard InChI is InChI=1S/C33H59NO7Si2/c1-32(2,3)42(8,9)40-28(15-12-13-24-38-25-26-17-19-27(37-7)20-18-26)21-22-30(41-43(10,11)33(4,5)6)29(16-14-23-35)39-31(34)36/h17-23,28-30H,12-16,24-25H2,1-11H3,(H2,34,36)/b22-21+/t28-,29-,30-/m0/s1. The van der Waals surface area contributed by atoms with Gasteiger partial charge in [-0.15, -0.1) is 0 Å². The molecule has 3 atom stereocenters. The molecule has 43 heavy (non-hydrogen) atoms. The Hall–Kier alpha value is -1.99. The lowest BCUT2D eigenvalue weighted by Gasteiger charge is -2.41. The molecule has 0 aliphatic carbocycles. The number of ether oxygens (including phenoxy) is 3. The van der Waals surface area contributed by atoms with Crippen molar-refractivity contribution in [2.24, 2.45) is 5.73 Å². The van der Waals surface area contributed by atoms with Crippen molar-refractivity contribution < 1.29 is 32.7 Å². The first-order valence-corrected chi connectivity index (χ1v) is 21.3. The zero-order chi connectivity index (χ0) is 32.9. The van der Waals surface area contributed by atoms with Crippen molar-refractivity contribution in [3.05, 3.63) is 42.0 Å². The van der Waals surface area contributed by atoms with E-state index in [9.17, 15) is 9.59 Å². The van der Waals surface area contributed by atoms with Crippen molar-refractivity contribution in [1.29, 1.82) is 0 Å². The molecule has 0 aliphatic rings. The van der Waals surface area contributed by atoms with E-state index in [0.29, 0.717) is 19.6 Å². The Kier molecular flexibility index (Phi) is 15.9. The molecule has 1 rings (SSSR count). The van der Waals surface area contributed by atoms with Gasteiger partial charge in [-0.3, -0.25) is 0 Å². The maximum atomic E-state index is 11.8. The van der Waals surface area contributed by atoms with Crippen LogP contribution in [0.25, 0.3) is 0 Å². The van der Waals surface area contributed by atoms with E-state index in [1.54, 1.807) is 7.11 Å². The number of amides is 1. The van der Waals surface area contributed by atoms with Crippen LogP contribution >= 0.6 is 0 Å². The summed E-state index contributed by atoms with van der Waals surface area (Å²) in [4.78, 5) is 23.1. The summed E-state index contributed by atoms with van der Waals surface area (Å²) in [5.74, 6) is 0.831. The van der Waals surface area contributed by atoms with Crippen molar-refractivity contribution in [2.75, 3.05) is 13.7 Å². The maximum Gasteiger partial charge on any atom is 0.404 e. The van der Waals surface area contributed by atoms with Gasteiger partial charge in [0.2, 0.25) is 0 Å². The van der Waals surface area contributed by atoms with E-state index in [2.05, 4.69) is 73.8 Å². The van der Waals surface area contributed by atoms with Gasteiger partial charge in [-0.05, 0) is 79.6 Å². The molecule has 0 aromatic heterocycles. The molecular weight excluding hydrogens is 579 g/mol. The minimum Gasteiger partial charge on any atom is -0.497 e. The smallest absolute Gasteiger partial charge is 0.404 e. The van der Waals surface area contributed by atoms with Crippen molar-refractivity contribution >= 4 is 29.0 Å². The highest BCUT2D eigenvalue weighted by atomic mass is 28.4. The van der Waals surface area contributed by atoms with Crippen molar-refractivity contribution in [3.63, 3.8) is 0 Å². The Morgan fingerprint density at radius 3 is 1.98 bits per heavy atom. The predicted molar refractivity (Wildman–Crippen MR) is 180 cm³/mol. The molecule has 1 aromatic carbocycles. The molecule has 0 saturated heterocycles. The third kappa shape index (κ3) is 14.1. The lowest BCUT2D eigenvalue weighted by atomic mass is 10.1. The van der Waals surface area contributed by atoms with E-state index in [-0.39, 0.29) is 22.6 Å². The second kappa shape index (κ2) is 17.5. The molecule has 0 fully saturated rings. The van der Waals surface area contributed by atoms with E-state index < -0.39 is 34.9 Å². The fourth-order valence-corrected chi connectivity index (χ4v) is 6.44. The summed E-state index contributed by atoms with van der Waals surface area (Å²) in [6, 6.07) is 7.90. The molecule has 0 unspecified atom stereocenters. The van der Waals surface area contributed by atoms with Gasteiger partial charge in [0.15, 0.2) is 16.6 Å². The summed E-state index contributed by atoms with van der Waals surface area (Å²) < 4.78 is 30.3. The van der Waals surface area contributed by atoms with Crippen molar-refractivity contribution in [1.82, 2.24) is 0 Å². The van der Waals surface area contributed by atoms with E-state index in [1.807, 2.05) is 30.3 Å². The van der Waals surface area contributed by atoms with Gasteiger partial charge >= 0.3 is 6.09 Å². The number of aldehydes is 1. The van der Waals surface area contributed by atoms with E-state index in [0.717, 1.165) is 36.9 Å². The van der Waals surface area contributed by atoms with Crippen LogP contribution in [0.2, 0.25) is 36.3 Å². The average Bonchev–Trinajstić information content (AvgIpc) is 2.89. The third-order valence-corrected chi connectivity index (χ3v) is 17.6. The molecule has 1 amide bonds. The van der Waals surface area contributed by atoms with Gasteiger partial charge < -0.3 is 33.6 Å². The Labute approximate surface area is 263 Å². The SMILES string of the molecule is COc1ccc(COCCCC[C@@H](/C=C/[C@H](O[Si](C)(C)C(C)(C)C)[C@H](CCC=O)OC(N)=O)O[Si](C)(C)C(C)(C)C)cc1. The van der Waals surface area contributed by atoms with Crippen LogP contribution in [-0.4, -0.2) is 61.0 Å². The molecule has 246 valence electrons. The third-order valence-electron chi connectivity index (χ3n) is 8.66. The highest BCUT2D eigenvalue weighted by Crippen LogP contribution is 2.39. The zero-order valence-electron chi connectivity index (χ0n) is 28.7. The van der Waals surface area contributed by atoms with Gasteiger partial charge in [-0.2, -0.15) is 0 Å². The van der Waals surface area contributed by atoms with Gasteiger partial charge in [0.05, 0.1) is 19.8 Å². The average molecular weight is 638 g/mol. The lowest BCUT2D eigenvalue weighted by molar-refractivity contribution is -0.108. The normalized spacial score (nSPS) is 15.2. The Bertz CT molecular complexity index is 998. The number of unbranched alkanes of at least 4 members (excludes halogenated alkanes) is 1. The van der Waals surface area contributed by atoms with Gasteiger partial charge in [-0.25, -0.2) is 4.79 Å². The zero-order valence-corrected chi connectivity index (χ0v) is 30.7. The number of nitrogens with two attached hydrogens (primary N) is 1. The number of hydrogen-bond acceptors (Lipinski definition) is 7. The minimum atomic E-state index is -2.27. The summed E-state index contributed by atoms with van der Waals surface area (Å²) in [6.45, 7) is 23.2. The van der Waals surface area contributed by atoms with Crippen LogP contribution < -0.4 is 10.5 Å². The van der Waals surface area contributed by atoms with Crippen LogP contribution in [0.3, 0.4) is 0 Å². The number of primary amides is 1. The highest BCUT2D eigenvalue weighted by molar-refractivity contribution is 6.74. The number of benzene rings is 1. The monoisotopic (exact) mass is 637 g/mol. The molecule has 8 nitrogen and oxygen atoms in total. The summed E-state index contributed by atoms with van der Waals surface area (Å²) in [5.41, 5.74) is 6.55. The van der Waals surface area contributed by atoms with Crippen LogP contribution in [0, 0.1) is 0 Å². The van der Waals surface area contributed by atoms with Gasteiger partial charge in [0, 0.05) is 13.0 Å². The summed E-state index contributed by atoms with van der Waals surface area (Å²) in [7, 11) is -2.71. The first-order valence-electron chi connectivity index (χ1n) is 15.5. The van der Waals surface area contributed by atoms with Crippen LogP contribution in [0.15, 0.2) is 36.4 Å². The summed E-state index contributed by atoms with van der Waals surface area (Å²) in [5, 5.41) is -0.0247. The summed E-state index contributed by atoms with van der Waals surface area (Å²) in [6.07, 6.45) is 5.82. The number of carbonyl (C=O) groups is 2. The molecule has 0 aliphatic heterocycles. The topological polar surface area (TPSA) is 106 Å². The Balaban J connectivity index is 3.10. The maximum absolute atomic E-state index is 11.8. The molecule has 10 heteroatoms. The quantitative estimate of drug-likeness (QED) is 0.0706. The van der Waals surface area contributed by atoms with Crippen LogP contribution in [0.5, 0.6) is 5.75 Å². The fourth-order valence-electron chi connectivity index (χ4n) is 3.87. The minimum absolute atomic E-state index is 0.0409. The molecule has 2 N–H and O–H groups in total. The molecule has 0 radical (unpaired) electrons. The molecular formula is C33H59NO7Si2. The number of rotatable bonds is 19. The first-order chi connectivity index (χ1) is 19.8.